The van der Waals surface area contributed by atoms with Crippen LogP contribution in [0.4, 0.5) is 10.5 Å². The Bertz CT molecular complexity index is 703. The zero-order valence-corrected chi connectivity index (χ0v) is 15.9. The van der Waals surface area contributed by atoms with Crippen molar-refractivity contribution in [3.63, 3.8) is 0 Å². The van der Waals surface area contributed by atoms with Crippen molar-refractivity contribution in [3.05, 3.63) is 57.6 Å². The fourth-order valence-corrected chi connectivity index (χ4v) is 2.92. The van der Waals surface area contributed by atoms with Crippen LogP contribution in [0.3, 0.4) is 0 Å². The summed E-state index contributed by atoms with van der Waals surface area (Å²) in [5.41, 5.74) is 4.10. The van der Waals surface area contributed by atoms with Crippen molar-refractivity contribution in [1.29, 1.82) is 0 Å². The summed E-state index contributed by atoms with van der Waals surface area (Å²) in [6.07, 6.45) is 2.76. The molecule has 0 aliphatic carbocycles. The molecule has 0 saturated heterocycles. The Hall–Kier alpha value is -1.46. The van der Waals surface area contributed by atoms with Gasteiger partial charge in [-0.25, -0.2) is 0 Å². The van der Waals surface area contributed by atoms with E-state index in [-0.39, 0.29) is 5.24 Å². The third-order valence-corrected chi connectivity index (χ3v) is 4.78. The predicted molar refractivity (Wildman–Crippen MR) is 102 cm³/mol. The van der Waals surface area contributed by atoms with Crippen LogP contribution in [0.1, 0.15) is 23.6 Å². The fourth-order valence-electron chi connectivity index (χ4n) is 2.23. The third-order valence-electron chi connectivity index (χ3n) is 3.56. The van der Waals surface area contributed by atoms with E-state index in [0.717, 1.165) is 45.2 Å². The zero-order chi connectivity index (χ0) is 16.8. The molecule has 122 valence electrons. The molecule has 0 unspecified atom stereocenters. The van der Waals surface area contributed by atoms with Crippen molar-refractivity contribution in [3.8, 4) is 5.75 Å². The van der Waals surface area contributed by atoms with Gasteiger partial charge in [0.05, 0.1) is 0 Å². The number of amides is 1. The predicted octanol–water partition coefficient (Wildman–Crippen LogP) is 5.79. The van der Waals surface area contributed by atoms with Crippen molar-refractivity contribution >= 4 is 38.6 Å². The number of hydrogen-bond acceptors (Lipinski definition) is 3. The van der Waals surface area contributed by atoms with Crippen LogP contribution in [0.25, 0.3) is 0 Å². The second kappa shape index (κ2) is 8.41. The first-order valence-corrected chi connectivity index (χ1v) is 9.41. The number of aryl methyl sites for hydroxylation is 2. The van der Waals surface area contributed by atoms with E-state index in [1.807, 2.05) is 31.2 Å². The van der Waals surface area contributed by atoms with E-state index in [1.165, 1.54) is 5.56 Å². The van der Waals surface area contributed by atoms with E-state index in [2.05, 4.69) is 40.3 Å². The SMILES string of the molecule is CCc1ccc(OCc2c(Br)cccc2NC(=O)SC)c(C)c1. The lowest BCUT2D eigenvalue weighted by Gasteiger charge is -2.15. The van der Waals surface area contributed by atoms with Crippen LogP contribution in [-0.2, 0) is 13.0 Å². The van der Waals surface area contributed by atoms with E-state index >= 15 is 0 Å². The number of anilines is 1. The highest BCUT2D eigenvalue weighted by Crippen LogP contribution is 2.28. The molecular weight excluding hydrogens is 374 g/mol. The molecule has 1 amide bonds. The second-order valence-electron chi connectivity index (χ2n) is 5.12. The molecule has 2 aromatic rings. The van der Waals surface area contributed by atoms with Gasteiger partial charge in [0.25, 0.3) is 5.24 Å². The van der Waals surface area contributed by atoms with Crippen LogP contribution in [0.2, 0.25) is 0 Å². The highest BCUT2D eigenvalue weighted by Gasteiger charge is 2.11. The van der Waals surface area contributed by atoms with Crippen molar-refractivity contribution in [2.24, 2.45) is 0 Å². The molecule has 2 rings (SSSR count). The monoisotopic (exact) mass is 393 g/mol. The van der Waals surface area contributed by atoms with Crippen LogP contribution >= 0.6 is 27.7 Å². The average molecular weight is 394 g/mol. The van der Waals surface area contributed by atoms with Gasteiger partial charge in [-0.15, -0.1) is 0 Å². The molecular formula is C18H20BrNO2S. The molecule has 0 aliphatic rings. The molecule has 3 nitrogen and oxygen atoms in total. The molecule has 0 fully saturated rings. The van der Waals surface area contributed by atoms with Crippen LogP contribution < -0.4 is 10.1 Å². The van der Waals surface area contributed by atoms with Gasteiger partial charge in [0, 0.05) is 15.7 Å². The van der Waals surface area contributed by atoms with Crippen LogP contribution in [0.15, 0.2) is 40.9 Å². The number of ether oxygens (including phenoxy) is 1. The maximum absolute atomic E-state index is 11.6. The summed E-state index contributed by atoms with van der Waals surface area (Å²) < 4.78 is 6.89. The van der Waals surface area contributed by atoms with Crippen LogP contribution in [0, 0.1) is 6.92 Å². The molecule has 0 aromatic heterocycles. The molecule has 23 heavy (non-hydrogen) atoms. The lowest BCUT2D eigenvalue weighted by atomic mass is 10.1. The summed E-state index contributed by atoms with van der Waals surface area (Å²) in [4.78, 5) is 11.6. The number of rotatable bonds is 5. The van der Waals surface area contributed by atoms with Gasteiger partial charge in [0.1, 0.15) is 12.4 Å². The molecule has 0 bridgehead atoms. The Morgan fingerprint density at radius 3 is 2.74 bits per heavy atom. The number of halogens is 1. The van der Waals surface area contributed by atoms with Crippen LogP contribution in [0.5, 0.6) is 5.75 Å². The molecule has 0 saturated carbocycles. The number of hydrogen-bond donors (Lipinski definition) is 1. The molecule has 1 N–H and O–H groups in total. The van der Waals surface area contributed by atoms with Gasteiger partial charge in [0.15, 0.2) is 0 Å². The van der Waals surface area contributed by atoms with Gasteiger partial charge < -0.3 is 10.1 Å². The molecule has 0 spiro atoms. The van der Waals surface area contributed by atoms with E-state index in [1.54, 1.807) is 6.26 Å². The number of carbonyl (C=O) groups is 1. The molecule has 0 aliphatic heterocycles. The molecule has 0 heterocycles. The normalized spacial score (nSPS) is 10.4. The van der Waals surface area contributed by atoms with E-state index in [4.69, 9.17) is 4.74 Å². The van der Waals surface area contributed by atoms with Gasteiger partial charge in [-0.2, -0.15) is 0 Å². The number of nitrogens with one attached hydrogen (secondary N) is 1. The number of carbonyl (C=O) groups excluding carboxylic acids is 1. The molecule has 5 heteroatoms. The quantitative estimate of drug-likeness (QED) is 0.697. The average Bonchev–Trinajstić information content (AvgIpc) is 2.55. The van der Waals surface area contributed by atoms with E-state index in [0.29, 0.717) is 6.61 Å². The smallest absolute Gasteiger partial charge is 0.283 e. The van der Waals surface area contributed by atoms with Gasteiger partial charge in [0.2, 0.25) is 0 Å². The Kier molecular flexibility index (Phi) is 6.54. The van der Waals surface area contributed by atoms with Gasteiger partial charge >= 0.3 is 0 Å². The summed E-state index contributed by atoms with van der Waals surface area (Å²) in [6.45, 7) is 4.57. The fraction of sp³-hybridized carbons (Fsp3) is 0.278. The standard InChI is InChI=1S/C18H20BrNO2S/c1-4-13-8-9-17(12(2)10-13)22-11-14-15(19)6-5-7-16(14)20-18(21)23-3/h5-10H,4,11H2,1-3H3,(H,20,21). The van der Waals surface area contributed by atoms with Crippen molar-refractivity contribution in [2.75, 3.05) is 11.6 Å². The Balaban J connectivity index is 2.18. The maximum Gasteiger partial charge on any atom is 0.283 e. The summed E-state index contributed by atoms with van der Waals surface area (Å²) >= 11 is 4.68. The summed E-state index contributed by atoms with van der Waals surface area (Å²) in [5.74, 6) is 0.861. The topological polar surface area (TPSA) is 38.3 Å². The lowest BCUT2D eigenvalue weighted by Crippen LogP contribution is -2.09. The Morgan fingerprint density at radius 1 is 1.30 bits per heavy atom. The zero-order valence-electron chi connectivity index (χ0n) is 13.5. The second-order valence-corrected chi connectivity index (χ2v) is 6.76. The van der Waals surface area contributed by atoms with Crippen molar-refractivity contribution in [1.82, 2.24) is 0 Å². The molecule has 2 aromatic carbocycles. The lowest BCUT2D eigenvalue weighted by molar-refractivity contribution is 0.269. The maximum atomic E-state index is 11.6. The minimum Gasteiger partial charge on any atom is -0.489 e. The minimum atomic E-state index is -0.0900. The van der Waals surface area contributed by atoms with E-state index < -0.39 is 0 Å². The van der Waals surface area contributed by atoms with Crippen molar-refractivity contribution in [2.45, 2.75) is 26.9 Å². The van der Waals surface area contributed by atoms with Gasteiger partial charge in [-0.05, 0) is 48.9 Å². The summed E-state index contributed by atoms with van der Waals surface area (Å²) in [7, 11) is 0. The molecule has 0 atom stereocenters. The number of thioether (sulfide) groups is 1. The van der Waals surface area contributed by atoms with Gasteiger partial charge in [-0.3, -0.25) is 4.79 Å². The number of benzene rings is 2. The summed E-state index contributed by atoms with van der Waals surface area (Å²) in [5, 5.41) is 2.79. The third kappa shape index (κ3) is 4.75. The first-order chi connectivity index (χ1) is 11.0. The van der Waals surface area contributed by atoms with Crippen molar-refractivity contribution < 1.29 is 9.53 Å². The van der Waals surface area contributed by atoms with Crippen LogP contribution in [-0.4, -0.2) is 11.5 Å². The van der Waals surface area contributed by atoms with E-state index in [9.17, 15) is 4.79 Å². The summed E-state index contributed by atoms with van der Waals surface area (Å²) in [6, 6.07) is 12.0. The highest BCUT2D eigenvalue weighted by molar-refractivity contribution is 9.10. The van der Waals surface area contributed by atoms with Gasteiger partial charge in [-0.1, -0.05) is 52.8 Å². The minimum absolute atomic E-state index is 0.0900. The Labute approximate surface area is 149 Å². The largest absolute Gasteiger partial charge is 0.489 e. The Morgan fingerprint density at radius 2 is 2.09 bits per heavy atom. The first-order valence-electron chi connectivity index (χ1n) is 7.39. The highest BCUT2D eigenvalue weighted by atomic mass is 79.9. The molecule has 0 radical (unpaired) electrons. The first kappa shape index (κ1) is 17.9.